The first-order chi connectivity index (χ1) is 10.1. The average molecular weight is 288 g/mol. The minimum Gasteiger partial charge on any atom is -0.480 e. The molecule has 8 nitrogen and oxygen atoms in total. The molecule has 2 aromatic rings. The van der Waals surface area contributed by atoms with Gasteiger partial charge in [0.25, 0.3) is 5.91 Å². The number of hydrogen-bond donors (Lipinski definition) is 1. The van der Waals surface area contributed by atoms with Gasteiger partial charge in [-0.05, 0) is 19.1 Å². The zero-order valence-corrected chi connectivity index (χ0v) is 11.2. The Morgan fingerprint density at radius 3 is 3.14 bits per heavy atom. The van der Waals surface area contributed by atoms with Crippen LogP contribution < -0.4 is 15.0 Å². The van der Waals surface area contributed by atoms with Crippen molar-refractivity contribution in [1.29, 1.82) is 0 Å². The Morgan fingerprint density at radius 2 is 2.38 bits per heavy atom. The maximum atomic E-state index is 12.0. The third kappa shape index (κ3) is 2.69. The number of nitrogens with one attached hydrogen (secondary N) is 1. The van der Waals surface area contributed by atoms with Gasteiger partial charge in [0, 0.05) is 12.3 Å². The molecule has 0 fully saturated rings. The van der Waals surface area contributed by atoms with Gasteiger partial charge < -0.3 is 14.6 Å². The number of carbonyl (C=O) groups is 2. The summed E-state index contributed by atoms with van der Waals surface area (Å²) in [6.07, 6.45) is 1.53. The van der Waals surface area contributed by atoms with E-state index in [2.05, 4.69) is 15.5 Å². The van der Waals surface area contributed by atoms with Crippen molar-refractivity contribution in [3.05, 3.63) is 30.2 Å². The van der Waals surface area contributed by atoms with Gasteiger partial charge in [0.1, 0.15) is 12.3 Å². The molecule has 1 N–H and O–H groups in total. The van der Waals surface area contributed by atoms with Crippen LogP contribution in [0.5, 0.6) is 5.75 Å². The minimum atomic E-state index is -0.393. The molecule has 0 radical (unpaired) electrons. The van der Waals surface area contributed by atoms with Crippen molar-refractivity contribution >= 4 is 23.5 Å². The van der Waals surface area contributed by atoms with E-state index < -0.39 is 5.91 Å². The molecule has 108 valence electrons. The summed E-state index contributed by atoms with van der Waals surface area (Å²) in [7, 11) is 0. The monoisotopic (exact) mass is 288 g/mol. The maximum absolute atomic E-state index is 12.0. The van der Waals surface area contributed by atoms with Gasteiger partial charge in [-0.2, -0.15) is 0 Å². The highest BCUT2D eigenvalue weighted by molar-refractivity contribution is 6.03. The van der Waals surface area contributed by atoms with Gasteiger partial charge in [-0.3, -0.25) is 14.5 Å². The van der Waals surface area contributed by atoms with Crippen LogP contribution in [0.25, 0.3) is 0 Å². The van der Waals surface area contributed by atoms with Crippen molar-refractivity contribution < 1.29 is 18.8 Å². The van der Waals surface area contributed by atoms with E-state index in [1.54, 1.807) is 25.1 Å². The largest absolute Gasteiger partial charge is 0.480 e. The highest BCUT2D eigenvalue weighted by atomic mass is 16.5. The van der Waals surface area contributed by atoms with E-state index in [9.17, 15) is 9.59 Å². The SMILES string of the molecule is Cc1cc(NC(=O)CN2C(=O)COc3cccnc32)no1. The number of hydrogen-bond acceptors (Lipinski definition) is 6. The summed E-state index contributed by atoms with van der Waals surface area (Å²) in [5, 5.41) is 6.22. The quantitative estimate of drug-likeness (QED) is 0.894. The molecule has 0 aromatic carbocycles. The van der Waals surface area contributed by atoms with Gasteiger partial charge in [0.2, 0.25) is 5.91 Å². The fourth-order valence-electron chi connectivity index (χ4n) is 1.95. The molecule has 0 unspecified atom stereocenters. The third-order valence-corrected chi connectivity index (χ3v) is 2.86. The van der Waals surface area contributed by atoms with Crippen LogP contribution >= 0.6 is 0 Å². The number of pyridine rings is 1. The van der Waals surface area contributed by atoms with E-state index in [0.29, 0.717) is 23.1 Å². The van der Waals surface area contributed by atoms with Crippen molar-refractivity contribution in [1.82, 2.24) is 10.1 Å². The summed E-state index contributed by atoms with van der Waals surface area (Å²) in [6, 6.07) is 4.98. The Morgan fingerprint density at radius 1 is 1.52 bits per heavy atom. The molecule has 8 heteroatoms. The molecule has 21 heavy (non-hydrogen) atoms. The fraction of sp³-hybridized carbons (Fsp3) is 0.231. The number of nitrogens with zero attached hydrogens (tertiary/aromatic N) is 3. The second-order valence-corrected chi connectivity index (χ2v) is 4.46. The predicted octanol–water partition coefficient (Wildman–Crippen LogP) is 0.742. The van der Waals surface area contributed by atoms with Crippen molar-refractivity contribution in [3.63, 3.8) is 0 Å². The molecular formula is C13H12N4O4. The zero-order chi connectivity index (χ0) is 14.8. The highest BCUT2D eigenvalue weighted by Gasteiger charge is 2.28. The molecule has 0 spiro atoms. The number of aromatic nitrogens is 2. The van der Waals surface area contributed by atoms with E-state index >= 15 is 0 Å². The van der Waals surface area contributed by atoms with Crippen LogP contribution in [0.4, 0.5) is 11.6 Å². The Labute approximate surface area is 119 Å². The second kappa shape index (κ2) is 5.23. The number of rotatable bonds is 3. The van der Waals surface area contributed by atoms with Gasteiger partial charge in [0.05, 0.1) is 0 Å². The smallest absolute Gasteiger partial charge is 0.266 e. The molecule has 0 saturated carbocycles. The van der Waals surface area contributed by atoms with Crippen LogP contribution in [0.1, 0.15) is 5.76 Å². The number of amides is 2. The molecule has 2 amide bonds. The topological polar surface area (TPSA) is 97.6 Å². The van der Waals surface area contributed by atoms with Crippen molar-refractivity contribution in [3.8, 4) is 5.75 Å². The van der Waals surface area contributed by atoms with Crippen LogP contribution in [0.3, 0.4) is 0 Å². The molecule has 1 aliphatic heterocycles. The van der Waals surface area contributed by atoms with Crippen LogP contribution in [0.15, 0.2) is 28.9 Å². The van der Waals surface area contributed by atoms with E-state index in [0.717, 1.165) is 0 Å². The lowest BCUT2D eigenvalue weighted by Gasteiger charge is -2.27. The summed E-state index contributed by atoms with van der Waals surface area (Å²) in [5.41, 5.74) is 0. The van der Waals surface area contributed by atoms with Crippen LogP contribution in [0, 0.1) is 6.92 Å². The number of anilines is 2. The van der Waals surface area contributed by atoms with Gasteiger partial charge in [-0.1, -0.05) is 5.16 Å². The highest BCUT2D eigenvalue weighted by Crippen LogP contribution is 2.28. The Balaban J connectivity index is 1.74. The van der Waals surface area contributed by atoms with E-state index in [1.807, 2.05) is 0 Å². The summed E-state index contributed by atoms with van der Waals surface area (Å²) in [4.78, 5) is 29.2. The van der Waals surface area contributed by atoms with Crippen molar-refractivity contribution in [2.75, 3.05) is 23.4 Å². The lowest BCUT2D eigenvalue weighted by Crippen LogP contribution is -2.43. The van der Waals surface area contributed by atoms with Crippen LogP contribution in [-0.4, -0.2) is 35.1 Å². The Hall–Kier alpha value is -2.90. The number of aryl methyl sites for hydroxylation is 1. The molecule has 3 rings (SSSR count). The Kier molecular flexibility index (Phi) is 3.27. The van der Waals surface area contributed by atoms with Gasteiger partial charge in [-0.15, -0.1) is 0 Å². The Bertz CT molecular complexity index is 697. The first kappa shape index (κ1) is 13.1. The van der Waals surface area contributed by atoms with Gasteiger partial charge in [-0.25, -0.2) is 4.98 Å². The summed E-state index contributed by atoms with van der Waals surface area (Å²) >= 11 is 0. The standard InChI is InChI=1S/C13H12N4O4/c1-8-5-10(16-21-8)15-11(18)6-17-12(19)7-20-9-3-2-4-14-13(9)17/h2-5H,6-7H2,1H3,(H,15,16,18). The molecule has 0 saturated heterocycles. The average Bonchev–Trinajstić information content (AvgIpc) is 2.87. The fourth-order valence-corrected chi connectivity index (χ4v) is 1.95. The lowest BCUT2D eigenvalue weighted by molar-refractivity contribution is -0.123. The molecule has 0 aliphatic carbocycles. The van der Waals surface area contributed by atoms with E-state index in [-0.39, 0.29) is 19.1 Å². The molecular weight excluding hydrogens is 276 g/mol. The third-order valence-electron chi connectivity index (χ3n) is 2.86. The van der Waals surface area contributed by atoms with Crippen molar-refractivity contribution in [2.45, 2.75) is 6.92 Å². The minimum absolute atomic E-state index is 0.116. The normalized spacial score (nSPS) is 13.6. The van der Waals surface area contributed by atoms with E-state index in [1.165, 1.54) is 11.1 Å². The molecule has 0 bridgehead atoms. The van der Waals surface area contributed by atoms with Crippen LogP contribution in [0.2, 0.25) is 0 Å². The van der Waals surface area contributed by atoms with E-state index in [4.69, 9.17) is 9.26 Å². The number of fused-ring (bicyclic) bond motifs is 1. The molecule has 1 aliphatic rings. The van der Waals surface area contributed by atoms with Crippen molar-refractivity contribution in [2.24, 2.45) is 0 Å². The summed E-state index contributed by atoms with van der Waals surface area (Å²) in [5.74, 6) is 0.976. The first-order valence-electron chi connectivity index (χ1n) is 6.25. The van der Waals surface area contributed by atoms with Crippen LogP contribution in [-0.2, 0) is 9.59 Å². The number of ether oxygens (including phenoxy) is 1. The lowest BCUT2D eigenvalue weighted by atomic mass is 10.3. The molecule has 0 atom stereocenters. The molecule has 3 heterocycles. The second-order valence-electron chi connectivity index (χ2n) is 4.46. The summed E-state index contributed by atoms with van der Waals surface area (Å²) in [6.45, 7) is 1.43. The summed E-state index contributed by atoms with van der Waals surface area (Å²) < 4.78 is 10.1. The first-order valence-corrected chi connectivity index (χ1v) is 6.25. The van der Waals surface area contributed by atoms with Gasteiger partial charge in [0.15, 0.2) is 24.0 Å². The maximum Gasteiger partial charge on any atom is 0.266 e. The zero-order valence-electron chi connectivity index (χ0n) is 11.2. The van der Waals surface area contributed by atoms with Gasteiger partial charge >= 0.3 is 0 Å². The number of carbonyl (C=O) groups excluding carboxylic acids is 2. The predicted molar refractivity (Wildman–Crippen MR) is 72.0 cm³/mol. The molecule has 2 aromatic heterocycles.